The Morgan fingerprint density at radius 1 is 1.38 bits per heavy atom. The summed E-state index contributed by atoms with van der Waals surface area (Å²) in [5.41, 5.74) is 5.32. The molecular formula is C3H13N4O+. The number of hydrogen-bond donors (Lipinski definition) is 3. The van der Waals surface area contributed by atoms with Gasteiger partial charge in [-0.05, 0) is 0 Å². The first-order valence-corrected chi connectivity index (χ1v) is 2.30. The van der Waals surface area contributed by atoms with Gasteiger partial charge in [-0.25, -0.2) is 0 Å². The van der Waals surface area contributed by atoms with Crippen molar-refractivity contribution < 1.29 is 9.81 Å². The SMILES string of the molecule is CN[N+](N)(NC)OC. The van der Waals surface area contributed by atoms with Gasteiger partial charge < -0.3 is 0 Å². The highest BCUT2D eigenvalue weighted by molar-refractivity contribution is 3.88. The van der Waals surface area contributed by atoms with Crippen molar-refractivity contribution in [3.05, 3.63) is 0 Å². The Morgan fingerprint density at radius 3 is 1.75 bits per heavy atom. The van der Waals surface area contributed by atoms with Gasteiger partial charge in [0.2, 0.25) is 0 Å². The molecule has 50 valence electrons. The maximum absolute atomic E-state index is 5.39. The smallest absolute Gasteiger partial charge is 0.103 e. The van der Waals surface area contributed by atoms with Gasteiger partial charge in [0.05, 0.1) is 0 Å². The van der Waals surface area contributed by atoms with Gasteiger partial charge in [0.25, 0.3) is 0 Å². The van der Waals surface area contributed by atoms with Gasteiger partial charge in [0, 0.05) is 19.1 Å². The zero-order chi connectivity index (χ0) is 6.62. The zero-order valence-corrected chi connectivity index (χ0v) is 5.43. The van der Waals surface area contributed by atoms with Crippen LogP contribution >= 0.6 is 0 Å². The highest BCUT2D eigenvalue weighted by Crippen LogP contribution is 1.78. The van der Waals surface area contributed by atoms with Crippen molar-refractivity contribution in [2.45, 2.75) is 0 Å². The van der Waals surface area contributed by atoms with Gasteiger partial charge in [-0.2, -0.15) is 0 Å². The third kappa shape index (κ3) is 1.73. The van der Waals surface area contributed by atoms with Crippen LogP contribution < -0.4 is 16.7 Å². The monoisotopic (exact) mass is 121 g/mol. The Kier molecular flexibility index (Phi) is 2.88. The summed E-state index contributed by atoms with van der Waals surface area (Å²) in [6.45, 7) is 0. The fraction of sp³-hybridized carbons (Fsp3) is 1.00. The first-order chi connectivity index (χ1) is 3.68. The maximum atomic E-state index is 5.39. The largest absolute Gasteiger partial charge is 0.143 e. The number of nitrogens with two attached hydrogens (primary N) is 1. The molecule has 8 heavy (non-hydrogen) atoms. The van der Waals surface area contributed by atoms with E-state index in [-0.39, 0.29) is 4.97 Å². The standard InChI is InChI=1S/C3H13N4O/c1-5-7(4,6-2)8-3/h5-6H,4H2,1-3H3/q+1. The van der Waals surface area contributed by atoms with Gasteiger partial charge in [-0.1, -0.05) is 10.9 Å². The Hall–Kier alpha value is -0.200. The number of nitrogens with zero attached hydrogens (tertiary/aromatic N) is 1. The van der Waals surface area contributed by atoms with Crippen molar-refractivity contribution in [3.8, 4) is 0 Å². The molecule has 0 aliphatic carbocycles. The lowest BCUT2D eigenvalue weighted by molar-refractivity contribution is -1.17. The van der Waals surface area contributed by atoms with E-state index < -0.39 is 0 Å². The summed E-state index contributed by atoms with van der Waals surface area (Å²) in [4.78, 5) is 4.44. The molecule has 0 aliphatic rings. The fourth-order valence-electron chi connectivity index (χ4n) is 0.294. The molecule has 0 amide bonds. The molecule has 0 aromatic heterocycles. The molecule has 5 nitrogen and oxygen atoms in total. The van der Waals surface area contributed by atoms with E-state index in [1.165, 1.54) is 7.11 Å². The van der Waals surface area contributed by atoms with Gasteiger partial charge in [-0.3, -0.25) is 0 Å². The molecule has 0 rings (SSSR count). The molecule has 0 heterocycles. The number of hydrogen-bond acceptors (Lipinski definition) is 4. The summed E-state index contributed by atoms with van der Waals surface area (Å²) < 4.78 is 0. The van der Waals surface area contributed by atoms with E-state index in [4.69, 9.17) is 10.7 Å². The predicted molar refractivity (Wildman–Crippen MR) is 29.6 cm³/mol. The molecule has 0 saturated carbocycles. The second-order valence-electron chi connectivity index (χ2n) is 1.29. The summed E-state index contributed by atoms with van der Waals surface area (Å²) in [6.07, 6.45) is 0. The summed E-state index contributed by atoms with van der Waals surface area (Å²) in [5, 5.41) is 0. The van der Waals surface area contributed by atoms with Crippen molar-refractivity contribution in [1.29, 1.82) is 0 Å². The number of quaternary nitrogens is 1. The second kappa shape index (κ2) is 2.95. The zero-order valence-electron chi connectivity index (χ0n) is 5.43. The van der Waals surface area contributed by atoms with Crippen LogP contribution in [0.4, 0.5) is 0 Å². The van der Waals surface area contributed by atoms with Crippen LogP contribution in [0, 0.1) is 0 Å². The third-order valence-corrected chi connectivity index (χ3v) is 0.952. The van der Waals surface area contributed by atoms with Crippen molar-refractivity contribution in [3.63, 3.8) is 0 Å². The molecule has 0 aromatic carbocycles. The van der Waals surface area contributed by atoms with Crippen LogP contribution in [0.3, 0.4) is 0 Å². The molecule has 0 unspecified atom stereocenters. The van der Waals surface area contributed by atoms with E-state index in [0.717, 1.165) is 0 Å². The molecule has 0 aromatic rings. The predicted octanol–water partition coefficient (Wildman–Crippen LogP) is -1.49. The first kappa shape index (κ1) is 7.80. The van der Waals surface area contributed by atoms with E-state index in [9.17, 15) is 0 Å². The molecule has 0 saturated heterocycles. The van der Waals surface area contributed by atoms with Gasteiger partial charge in [-0.15, -0.1) is 10.7 Å². The Morgan fingerprint density at radius 2 is 1.75 bits per heavy atom. The average Bonchev–Trinajstić information content (AvgIpc) is 1.87. The Labute approximate surface area is 48.9 Å². The lowest BCUT2D eigenvalue weighted by Gasteiger charge is -2.22. The maximum Gasteiger partial charge on any atom is 0.103 e. The minimum atomic E-state index is -0.292. The van der Waals surface area contributed by atoms with Gasteiger partial charge in [0.1, 0.15) is 7.11 Å². The molecular weight excluding hydrogens is 108 g/mol. The molecule has 0 radical (unpaired) electrons. The normalized spacial score (nSPS) is 12.0. The van der Waals surface area contributed by atoms with Crippen molar-refractivity contribution >= 4 is 0 Å². The highest BCUT2D eigenvalue weighted by atomic mass is 16.8. The summed E-state index contributed by atoms with van der Waals surface area (Å²) in [6, 6.07) is 0. The van der Waals surface area contributed by atoms with Crippen LogP contribution in [0.5, 0.6) is 0 Å². The summed E-state index contributed by atoms with van der Waals surface area (Å²) >= 11 is 0. The van der Waals surface area contributed by atoms with E-state index >= 15 is 0 Å². The van der Waals surface area contributed by atoms with Crippen LogP contribution in [0.1, 0.15) is 0 Å². The van der Waals surface area contributed by atoms with Crippen molar-refractivity contribution in [2.75, 3.05) is 21.2 Å². The minimum absolute atomic E-state index is 0.292. The molecule has 4 N–H and O–H groups in total. The Bertz CT molecular complexity index is 54.0. The summed E-state index contributed by atoms with van der Waals surface area (Å²) in [7, 11) is 4.85. The van der Waals surface area contributed by atoms with E-state index in [0.29, 0.717) is 0 Å². The third-order valence-electron chi connectivity index (χ3n) is 0.952. The Balaban J connectivity index is 3.58. The minimum Gasteiger partial charge on any atom is -0.143 e. The lowest BCUT2D eigenvalue weighted by Crippen LogP contribution is -2.68. The van der Waals surface area contributed by atoms with E-state index in [1.807, 2.05) is 0 Å². The fourth-order valence-corrected chi connectivity index (χ4v) is 0.294. The number of rotatable bonds is 3. The quantitative estimate of drug-likeness (QED) is 0.242. The van der Waals surface area contributed by atoms with Crippen LogP contribution in [-0.2, 0) is 4.84 Å². The van der Waals surface area contributed by atoms with Crippen LogP contribution in [0.25, 0.3) is 0 Å². The average molecular weight is 121 g/mol. The molecule has 0 fully saturated rings. The molecule has 0 spiro atoms. The first-order valence-electron chi connectivity index (χ1n) is 2.30. The highest BCUT2D eigenvalue weighted by Gasteiger charge is 2.16. The molecule has 5 heteroatoms. The topological polar surface area (TPSA) is 59.3 Å². The van der Waals surface area contributed by atoms with Gasteiger partial charge >= 0.3 is 0 Å². The van der Waals surface area contributed by atoms with Crippen molar-refractivity contribution in [1.82, 2.24) is 10.9 Å². The van der Waals surface area contributed by atoms with Crippen LogP contribution in [0.15, 0.2) is 0 Å². The molecule has 0 aliphatic heterocycles. The van der Waals surface area contributed by atoms with Crippen LogP contribution in [0.2, 0.25) is 0 Å². The molecule has 0 bridgehead atoms. The van der Waals surface area contributed by atoms with Gasteiger partial charge in [0.15, 0.2) is 0 Å². The van der Waals surface area contributed by atoms with Crippen LogP contribution in [-0.4, -0.2) is 26.2 Å². The summed E-state index contributed by atoms with van der Waals surface area (Å²) in [5.74, 6) is 5.39. The van der Waals surface area contributed by atoms with Crippen molar-refractivity contribution in [2.24, 2.45) is 5.84 Å². The number of nitrogens with one attached hydrogen (secondary N) is 2. The second-order valence-corrected chi connectivity index (χ2v) is 1.29. The molecule has 0 atom stereocenters. The van der Waals surface area contributed by atoms with E-state index in [2.05, 4.69) is 10.9 Å². The van der Waals surface area contributed by atoms with E-state index in [1.54, 1.807) is 14.1 Å². The lowest BCUT2D eigenvalue weighted by atomic mass is 11.4.